The summed E-state index contributed by atoms with van der Waals surface area (Å²) in [5, 5.41) is 3.00. The van der Waals surface area contributed by atoms with Crippen LogP contribution in [-0.4, -0.2) is 19.8 Å². The summed E-state index contributed by atoms with van der Waals surface area (Å²) in [6.45, 7) is 0.848. The summed E-state index contributed by atoms with van der Waals surface area (Å²) in [5.41, 5.74) is 0. The molecule has 9 heavy (non-hydrogen) atoms. The van der Waals surface area contributed by atoms with Gasteiger partial charge in [-0.3, -0.25) is 0 Å². The van der Waals surface area contributed by atoms with Crippen molar-refractivity contribution in [3.05, 3.63) is 0 Å². The molecule has 0 aromatic rings. The quantitative estimate of drug-likeness (QED) is 0.596. The molecule has 1 rings (SSSR count). The molecule has 1 nitrogen and oxygen atoms in total. The highest BCUT2D eigenvalue weighted by Gasteiger charge is 2.25. The summed E-state index contributed by atoms with van der Waals surface area (Å²) in [6.07, 6.45) is 2.40. The molecule has 0 heterocycles. The van der Waals surface area contributed by atoms with Gasteiger partial charge in [-0.1, -0.05) is 6.42 Å². The Labute approximate surface area is 55.6 Å². The molecule has 0 aromatic carbocycles. The van der Waals surface area contributed by atoms with Crippen molar-refractivity contribution in [3.8, 4) is 0 Å². The molecule has 1 aliphatic rings. The summed E-state index contributed by atoms with van der Waals surface area (Å²) < 4.78 is 12.7. The van der Waals surface area contributed by atoms with Gasteiger partial charge >= 0.3 is 0 Å². The molecule has 0 aromatic heterocycles. The predicted octanol–water partition coefficient (Wildman–Crippen LogP) is 1.34. The summed E-state index contributed by atoms with van der Waals surface area (Å²) in [4.78, 5) is 0. The molecule has 1 fully saturated rings. The van der Waals surface area contributed by atoms with Crippen LogP contribution in [0.3, 0.4) is 0 Å². The van der Waals surface area contributed by atoms with Crippen LogP contribution in [0, 0.1) is 5.92 Å². The highest BCUT2D eigenvalue weighted by Crippen LogP contribution is 2.27. The van der Waals surface area contributed by atoms with Crippen LogP contribution < -0.4 is 5.32 Å². The maximum absolute atomic E-state index is 12.7. The van der Waals surface area contributed by atoms with Crippen LogP contribution in [0.25, 0.3) is 0 Å². The number of rotatable bonds is 2. The fourth-order valence-corrected chi connectivity index (χ4v) is 1.48. The molecule has 54 valence electrons. The molecule has 1 N–H and O–H groups in total. The number of hydrogen-bond acceptors (Lipinski definition) is 1. The van der Waals surface area contributed by atoms with Gasteiger partial charge in [0.05, 0.1) is 0 Å². The minimum absolute atomic E-state index is 0.301. The van der Waals surface area contributed by atoms with E-state index in [0.29, 0.717) is 5.92 Å². The number of nitrogens with one attached hydrogen (secondary N) is 1. The van der Waals surface area contributed by atoms with Crippen LogP contribution in [0.2, 0.25) is 0 Å². The smallest absolute Gasteiger partial charge is 0.104 e. The van der Waals surface area contributed by atoms with Crippen LogP contribution in [0.4, 0.5) is 4.39 Å². The molecule has 0 radical (unpaired) electrons. The van der Waals surface area contributed by atoms with Crippen LogP contribution in [0.5, 0.6) is 0 Å². The van der Waals surface area contributed by atoms with E-state index in [-0.39, 0.29) is 0 Å². The standard InChI is InChI=1S/C7H14FN/c1-9-5-6-3-2-4-7(6)8/h6-7,9H,2-5H2,1H3. The van der Waals surface area contributed by atoms with E-state index in [2.05, 4.69) is 5.32 Å². The lowest BCUT2D eigenvalue weighted by atomic mass is 10.1. The highest BCUT2D eigenvalue weighted by atomic mass is 19.1. The van der Waals surface area contributed by atoms with Crippen molar-refractivity contribution in [2.24, 2.45) is 5.92 Å². The third kappa shape index (κ3) is 1.65. The molecule has 0 saturated heterocycles. The summed E-state index contributed by atoms with van der Waals surface area (Å²) >= 11 is 0. The Hall–Kier alpha value is -0.110. The fourth-order valence-electron chi connectivity index (χ4n) is 1.48. The Morgan fingerprint density at radius 1 is 1.56 bits per heavy atom. The van der Waals surface area contributed by atoms with Crippen molar-refractivity contribution >= 4 is 0 Å². The van der Waals surface area contributed by atoms with Gasteiger partial charge in [0.25, 0.3) is 0 Å². The van der Waals surface area contributed by atoms with Gasteiger partial charge in [0.2, 0.25) is 0 Å². The monoisotopic (exact) mass is 131 g/mol. The van der Waals surface area contributed by atoms with Crippen molar-refractivity contribution in [2.75, 3.05) is 13.6 Å². The molecule has 0 spiro atoms. The number of hydrogen-bond donors (Lipinski definition) is 1. The molecule has 0 bridgehead atoms. The zero-order valence-corrected chi connectivity index (χ0v) is 5.86. The molecule has 0 aliphatic heterocycles. The van der Waals surface area contributed by atoms with Gasteiger partial charge in [0.1, 0.15) is 6.17 Å². The third-order valence-electron chi connectivity index (χ3n) is 2.03. The van der Waals surface area contributed by atoms with E-state index in [1.165, 1.54) is 0 Å². The molecule has 2 heteroatoms. The summed E-state index contributed by atoms with van der Waals surface area (Å²) in [6, 6.07) is 0. The first-order chi connectivity index (χ1) is 4.34. The minimum Gasteiger partial charge on any atom is -0.319 e. The molecular weight excluding hydrogens is 117 g/mol. The first-order valence-electron chi connectivity index (χ1n) is 3.63. The molecule has 2 atom stereocenters. The van der Waals surface area contributed by atoms with Gasteiger partial charge in [0, 0.05) is 12.5 Å². The maximum Gasteiger partial charge on any atom is 0.104 e. The molecular formula is C7H14FN. The average molecular weight is 131 g/mol. The van der Waals surface area contributed by atoms with E-state index < -0.39 is 6.17 Å². The molecule has 0 amide bonds. The lowest BCUT2D eigenvalue weighted by Gasteiger charge is -2.10. The maximum atomic E-state index is 12.7. The molecule has 2 unspecified atom stereocenters. The Bertz CT molecular complexity index is 85.0. The van der Waals surface area contributed by atoms with Crippen LogP contribution in [0.15, 0.2) is 0 Å². The second-order valence-corrected chi connectivity index (χ2v) is 2.76. The van der Waals surface area contributed by atoms with Crippen molar-refractivity contribution in [3.63, 3.8) is 0 Å². The zero-order chi connectivity index (χ0) is 6.69. The van der Waals surface area contributed by atoms with Gasteiger partial charge in [-0.25, -0.2) is 4.39 Å². The largest absolute Gasteiger partial charge is 0.319 e. The SMILES string of the molecule is CNCC1CCCC1F. The van der Waals surface area contributed by atoms with Crippen LogP contribution in [0.1, 0.15) is 19.3 Å². The Morgan fingerprint density at radius 3 is 2.78 bits per heavy atom. The van der Waals surface area contributed by atoms with Gasteiger partial charge < -0.3 is 5.32 Å². The zero-order valence-electron chi connectivity index (χ0n) is 5.86. The lowest BCUT2D eigenvalue weighted by molar-refractivity contribution is 0.260. The van der Waals surface area contributed by atoms with E-state index in [4.69, 9.17) is 0 Å². The van der Waals surface area contributed by atoms with Gasteiger partial charge in [-0.05, 0) is 19.9 Å². The first-order valence-corrected chi connectivity index (χ1v) is 3.63. The highest BCUT2D eigenvalue weighted by molar-refractivity contribution is 4.77. The summed E-state index contributed by atoms with van der Waals surface area (Å²) in [5.74, 6) is 0.301. The van der Waals surface area contributed by atoms with E-state index in [0.717, 1.165) is 25.8 Å². The first kappa shape index (κ1) is 7.00. The van der Waals surface area contributed by atoms with E-state index >= 15 is 0 Å². The topological polar surface area (TPSA) is 12.0 Å². The van der Waals surface area contributed by atoms with Crippen LogP contribution >= 0.6 is 0 Å². The Kier molecular flexibility index (Phi) is 2.46. The second kappa shape index (κ2) is 3.16. The van der Waals surface area contributed by atoms with Crippen molar-refractivity contribution in [1.82, 2.24) is 5.32 Å². The Morgan fingerprint density at radius 2 is 2.33 bits per heavy atom. The van der Waals surface area contributed by atoms with Gasteiger partial charge in [-0.2, -0.15) is 0 Å². The van der Waals surface area contributed by atoms with E-state index in [1.54, 1.807) is 0 Å². The number of halogens is 1. The average Bonchev–Trinajstić information content (AvgIpc) is 2.18. The van der Waals surface area contributed by atoms with Crippen LogP contribution in [-0.2, 0) is 0 Å². The minimum atomic E-state index is -0.530. The van der Waals surface area contributed by atoms with Gasteiger partial charge in [-0.15, -0.1) is 0 Å². The lowest BCUT2D eigenvalue weighted by Crippen LogP contribution is -2.22. The normalized spacial score (nSPS) is 35.3. The van der Waals surface area contributed by atoms with Crippen molar-refractivity contribution < 1.29 is 4.39 Å². The fraction of sp³-hybridized carbons (Fsp3) is 1.00. The second-order valence-electron chi connectivity index (χ2n) is 2.76. The van der Waals surface area contributed by atoms with Crippen molar-refractivity contribution in [2.45, 2.75) is 25.4 Å². The number of alkyl halides is 1. The Balaban J connectivity index is 2.22. The van der Waals surface area contributed by atoms with Gasteiger partial charge in [0.15, 0.2) is 0 Å². The van der Waals surface area contributed by atoms with Crippen molar-refractivity contribution in [1.29, 1.82) is 0 Å². The van der Waals surface area contributed by atoms with E-state index in [9.17, 15) is 4.39 Å². The predicted molar refractivity (Wildman–Crippen MR) is 36.2 cm³/mol. The third-order valence-corrected chi connectivity index (χ3v) is 2.03. The van der Waals surface area contributed by atoms with E-state index in [1.807, 2.05) is 7.05 Å². The molecule has 1 aliphatic carbocycles. The molecule has 1 saturated carbocycles. The summed E-state index contributed by atoms with van der Waals surface area (Å²) in [7, 11) is 1.88.